The fourth-order valence-corrected chi connectivity index (χ4v) is 1.94. The van der Waals surface area contributed by atoms with Crippen molar-refractivity contribution in [3.63, 3.8) is 0 Å². The summed E-state index contributed by atoms with van der Waals surface area (Å²) < 4.78 is 5.31. The zero-order valence-corrected chi connectivity index (χ0v) is 10.5. The first-order valence-electron chi connectivity index (χ1n) is 6.06. The van der Waals surface area contributed by atoms with Gasteiger partial charge in [-0.2, -0.15) is 0 Å². The summed E-state index contributed by atoms with van der Waals surface area (Å²) in [6.07, 6.45) is 0. The summed E-state index contributed by atoms with van der Waals surface area (Å²) in [6.45, 7) is 2.04. The van der Waals surface area contributed by atoms with Crippen molar-refractivity contribution >= 4 is 0 Å². The molecule has 1 N–H and O–H groups in total. The highest BCUT2D eigenvalue weighted by Crippen LogP contribution is 2.31. The van der Waals surface area contributed by atoms with Gasteiger partial charge in [-0.3, -0.25) is 0 Å². The van der Waals surface area contributed by atoms with Crippen molar-refractivity contribution in [2.75, 3.05) is 0 Å². The number of rotatable bonds is 2. The summed E-state index contributed by atoms with van der Waals surface area (Å²) in [6, 6.07) is 17.0. The van der Waals surface area contributed by atoms with Crippen LogP contribution in [-0.4, -0.2) is 10.3 Å². The molecule has 0 unspecified atom stereocenters. The van der Waals surface area contributed by atoms with E-state index in [4.69, 9.17) is 4.52 Å². The molecule has 94 valence electrons. The van der Waals surface area contributed by atoms with E-state index in [9.17, 15) is 5.11 Å². The Morgan fingerprint density at radius 2 is 1.74 bits per heavy atom. The second-order valence-corrected chi connectivity index (χ2v) is 4.46. The van der Waals surface area contributed by atoms with Crippen LogP contribution in [0.15, 0.2) is 59.1 Å². The minimum atomic E-state index is 0.189. The third-order valence-electron chi connectivity index (χ3n) is 3.03. The summed E-state index contributed by atoms with van der Waals surface area (Å²) in [7, 11) is 0. The Hall–Kier alpha value is -2.55. The molecule has 3 rings (SSSR count). The van der Waals surface area contributed by atoms with Crippen LogP contribution in [0.25, 0.3) is 22.6 Å². The standard InChI is InChI=1S/C16H13NO2/c1-11-6-8-12(9-7-11)14-10-16(19-17-14)13-4-2-3-5-15(13)18/h2-10,18H,1H3. The highest BCUT2D eigenvalue weighted by molar-refractivity contribution is 5.70. The Kier molecular flexibility index (Phi) is 2.80. The zero-order chi connectivity index (χ0) is 13.2. The van der Waals surface area contributed by atoms with Gasteiger partial charge in [0.2, 0.25) is 0 Å². The van der Waals surface area contributed by atoms with Gasteiger partial charge in [0.15, 0.2) is 5.76 Å². The molecule has 3 nitrogen and oxygen atoms in total. The summed E-state index contributed by atoms with van der Waals surface area (Å²) in [5.41, 5.74) is 3.61. The molecule has 0 aliphatic carbocycles. The Labute approximate surface area is 111 Å². The van der Waals surface area contributed by atoms with Gasteiger partial charge >= 0.3 is 0 Å². The maximum Gasteiger partial charge on any atom is 0.171 e. The van der Waals surface area contributed by atoms with Gasteiger partial charge in [0.05, 0.1) is 5.56 Å². The molecule has 0 bridgehead atoms. The van der Waals surface area contributed by atoms with E-state index in [0.717, 1.165) is 11.3 Å². The van der Waals surface area contributed by atoms with Gasteiger partial charge < -0.3 is 9.63 Å². The fourth-order valence-electron chi connectivity index (χ4n) is 1.94. The first-order chi connectivity index (χ1) is 9.24. The predicted molar refractivity (Wildman–Crippen MR) is 73.8 cm³/mol. The quantitative estimate of drug-likeness (QED) is 0.748. The van der Waals surface area contributed by atoms with Gasteiger partial charge in [-0.1, -0.05) is 47.1 Å². The normalized spacial score (nSPS) is 10.6. The van der Waals surface area contributed by atoms with Crippen LogP contribution in [0.3, 0.4) is 0 Å². The second-order valence-electron chi connectivity index (χ2n) is 4.46. The lowest BCUT2D eigenvalue weighted by Gasteiger charge is -1.97. The maximum atomic E-state index is 9.79. The molecule has 0 radical (unpaired) electrons. The van der Waals surface area contributed by atoms with Gasteiger partial charge in [-0.15, -0.1) is 0 Å². The molecule has 0 spiro atoms. The lowest BCUT2D eigenvalue weighted by Crippen LogP contribution is -1.77. The van der Waals surface area contributed by atoms with E-state index >= 15 is 0 Å². The molecule has 0 amide bonds. The number of aromatic nitrogens is 1. The highest BCUT2D eigenvalue weighted by atomic mass is 16.5. The van der Waals surface area contributed by atoms with E-state index in [1.165, 1.54) is 5.56 Å². The molecule has 0 aliphatic rings. The molecule has 19 heavy (non-hydrogen) atoms. The van der Waals surface area contributed by atoms with Crippen molar-refractivity contribution in [2.45, 2.75) is 6.92 Å². The van der Waals surface area contributed by atoms with E-state index in [1.54, 1.807) is 18.2 Å². The van der Waals surface area contributed by atoms with Gasteiger partial charge in [-0.05, 0) is 19.1 Å². The van der Waals surface area contributed by atoms with E-state index in [0.29, 0.717) is 11.3 Å². The lowest BCUT2D eigenvalue weighted by molar-refractivity contribution is 0.428. The first-order valence-corrected chi connectivity index (χ1v) is 6.06. The largest absolute Gasteiger partial charge is 0.507 e. The number of phenolic OH excluding ortho intramolecular Hbond substituents is 1. The van der Waals surface area contributed by atoms with Crippen molar-refractivity contribution in [1.29, 1.82) is 0 Å². The van der Waals surface area contributed by atoms with Crippen LogP contribution in [0.2, 0.25) is 0 Å². The van der Waals surface area contributed by atoms with E-state index < -0.39 is 0 Å². The maximum absolute atomic E-state index is 9.79. The Balaban J connectivity index is 2.00. The van der Waals surface area contributed by atoms with Crippen molar-refractivity contribution in [3.05, 3.63) is 60.2 Å². The number of para-hydroxylation sites is 1. The third-order valence-corrected chi connectivity index (χ3v) is 3.03. The van der Waals surface area contributed by atoms with Crippen LogP contribution < -0.4 is 0 Å². The smallest absolute Gasteiger partial charge is 0.171 e. The fraction of sp³-hybridized carbons (Fsp3) is 0.0625. The average molecular weight is 251 g/mol. The Morgan fingerprint density at radius 1 is 1.00 bits per heavy atom. The van der Waals surface area contributed by atoms with Gasteiger partial charge in [0.1, 0.15) is 11.4 Å². The number of aryl methyl sites for hydroxylation is 1. The number of hydrogen-bond acceptors (Lipinski definition) is 3. The number of hydrogen-bond donors (Lipinski definition) is 1. The topological polar surface area (TPSA) is 46.3 Å². The van der Waals surface area contributed by atoms with Gasteiger partial charge in [0.25, 0.3) is 0 Å². The van der Waals surface area contributed by atoms with Crippen LogP contribution in [-0.2, 0) is 0 Å². The second kappa shape index (κ2) is 4.61. The molecule has 3 aromatic rings. The Bertz CT molecular complexity index is 699. The van der Waals surface area contributed by atoms with Crippen molar-refractivity contribution in [2.24, 2.45) is 0 Å². The highest BCUT2D eigenvalue weighted by Gasteiger charge is 2.11. The molecule has 0 saturated heterocycles. The molecule has 0 aliphatic heterocycles. The minimum Gasteiger partial charge on any atom is -0.507 e. The number of aromatic hydroxyl groups is 1. The number of phenols is 1. The zero-order valence-electron chi connectivity index (χ0n) is 10.5. The van der Waals surface area contributed by atoms with Gasteiger partial charge in [-0.25, -0.2) is 0 Å². The first kappa shape index (κ1) is 11.5. The van der Waals surface area contributed by atoms with Crippen molar-refractivity contribution < 1.29 is 9.63 Å². The number of benzene rings is 2. The molecule has 0 atom stereocenters. The Morgan fingerprint density at radius 3 is 2.47 bits per heavy atom. The summed E-state index contributed by atoms with van der Waals surface area (Å²) in [5.74, 6) is 0.753. The van der Waals surface area contributed by atoms with Crippen LogP contribution in [0.1, 0.15) is 5.56 Å². The van der Waals surface area contributed by atoms with Crippen LogP contribution >= 0.6 is 0 Å². The van der Waals surface area contributed by atoms with Gasteiger partial charge in [0, 0.05) is 11.6 Å². The third kappa shape index (κ3) is 2.22. The van der Waals surface area contributed by atoms with E-state index in [-0.39, 0.29) is 5.75 Å². The SMILES string of the molecule is Cc1ccc(-c2cc(-c3ccccc3O)on2)cc1. The van der Waals surface area contributed by atoms with Crippen LogP contribution in [0.5, 0.6) is 5.75 Å². The summed E-state index contributed by atoms with van der Waals surface area (Å²) >= 11 is 0. The molecular formula is C16H13NO2. The molecule has 0 fully saturated rings. The molecular weight excluding hydrogens is 238 g/mol. The number of nitrogens with zero attached hydrogens (tertiary/aromatic N) is 1. The van der Waals surface area contributed by atoms with Crippen LogP contribution in [0.4, 0.5) is 0 Å². The average Bonchev–Trinajstić information content (AvgIpc) is 2.89. The van der Waals surface area contributed by atoms with Crippen molar-refractivity contribution in [1.82, 2.24) is 5.16 Å². The molecule has 1 aromatic heterocycles. The molecule has 0 saturated carbocycles. The van der Waals surface area contributed by atoms with Crippen molar-refractivity contribution in [3.8, 4) is 28.3 Å². The minimum absolute atomic E-state index is 0.189. The molecule has 1 heterocycles. The molecule has 2 aromatic carbocycles. The monoisotopic (exact) mass is 251 g/mol. The van der Waals surface area contributed by atoms with E-state index in [2.05, 4.69) is 5.16 Å². The van der Waals surface area contributed by atoms with E-state index in [1.807, 2.05) is 43.3 Å². The molecule has 3 heteroatoms. The predicted octanol–water partition coefficient (Wildman–Crippen LogP) is 4.02. The summed E-state index contributed by atoms with van der Waals surface area (Å²) in [5, 5.41) is 13.8. The summed E-state index contributed by atoms with van der Waals surface area (Å²) in [4.78, 5) is 0. The van der Waals surface area contributed by atoms with Crippen LogP contribution in [0, 0.1) is 6.92 Å². The lowest BCUT2D eigenvalue weighted by atomic mass is 10.1.